The number of anilines is 1. The van der Waals surface area contributed by atoms with Crippen molar-refractivity contribution in [1.82, 2.24) is 4.72 Å². The molecule has 1 aromatic rings. The van der Waals surface area contributed by atoms with E-state index in [4.69, 9.17) is 22.1 Å². The summed E-state index contributed by atoms with van der Waals surface area (Å²) in [6.07, 6.45) is 0.514. The maximum absolute atomic E-state index is 12.1. The third-order valence-corrected chi connectivity index (χ3v) is 4.66. The van der Waals surface area contributed by atoms with Crippen molar-refractivity contribution in [2.45, 2.75) is 31.6 Å². The Balaban J connectivity index is 2.64. The van der Waals surface area contributed by atoms with Gasteiger partial charge in [0.2, 0.25) is 10.0 Å². The summed E-state index contributed by atoms with van der Waals surface area (Å²) >= 11 is 5.93. The highest BCUT2D eigenvalue weighted by molar-refractivity contribution is 7.89. The molecule has 0 radical (unpaired) electrons. The van der Waals surface area contributed by atoms with E-state index in [9.17, 15) is 13.2 Å². The summed E-state index contributed by atoms with van der Waals surface area (Å²) < 4.78 is 31.3. The van der Waals surface area contributed by atoms with Gasteiger partial charge in [0.05, 0.1) is 11.5 Å². The Morgan fingerprint density at radius 2 is 2.10 bits per heavy atom. The van der Waals surface area contributed by atoms with E-state index in [-0.39, 0.29) is 23.8 Å². The third kappa shape index (κ3) is 5.18. The lowest BCUT2D eigenvalue weighted by Gasteiger charge is -2.10. The largest absolute Gasteiger partial charge is 0.466 e. The standard InChI is InChI=1S/C13H19ClN2O4S/c1-3-20-13(17)5-4-6-16-21(18,19)10-7-11(14)9(2)12(15)8-10/h7-8,16H,3-6,15H2,1-2H3. The van der Waals surface area contributed by atoms with Crippen molar-refractivity contribution >= 4 is 33.3 Å². The number of nitrogens with one attached hydrogen (secondary N) is 1. The molecule has 0 atom stereocenters. The van der Waals surface area contributed by atoms with Crippen LogP contribution in [0, 0.1) is 6.92 Å². The Bertz CT molecular complexity index is 594. The monoisotopic (exact) mass is 334 g/mol. The number of hydrogen-bond acceptors (Lipinski definition) is 5. The van der Waals surface area contributed by atoms with Crippen LogP contribution in [0.1, 0.15) is 25.3 Å². The van der Waals surface area contributed by atoms with E-state index in [0.717, 1.165) is 0 Å². The number of ether oxygens (including phenoxy) is 1. The van der Waals surface area contributed by atoms with Gasteiger partial charge in [-0.25, -0.2) is 13.1 Å². The molecule has 8 heteroatoms. The molecule has 0 amide bonds. The highest BCUT2D eigenvalue weighted by Gasteiger charge is 2.16. The van der Waals surface area contributed by atoms with Gasteiger partial charge in [0, 0.05) is 23.7 Å². The molecular formula is C13H19ClN2O4S. The van der Waals surface area contributed by atoms with Crippen LogP contribution in [-0.2, 0) is 19.6 Å². The number of benzene rings is 1. The summed E-state index contributed by atoms with van der Waals surface area (Å²) in [5, 5.41) is 0.293. The molecule has 0 fully saturated rings. The van der Waals surface area contributed by atoms with Gasteiger partial charge in [-0.1, -0.05) is 11.6 Å². The highest BCUT2D eigenvalue weighted by atomic mass is 35.5. The maximum atomic E-state index is 12.1. The van der Waals surface area contributed by atoms with Gasteiger partial charge in [0.15, 0.2) is 0 Å². The van der Waals surface area contributed by atoms with Crippen LogP contribution in [0.3, 0.4) is 0 Å². The van der Waals surface area contributed by atoms with Crippen molar-refractivity contribution in [3.05, 3.63) is 22.7 Å². The van der Waals surface area contributed by atoms with Gasteiger partial charge in [-0.15, -0.1) is 0 Å². The number of nitrogens with two attached hydrogens (primary N) is 1. The smallest absolute Gasteiger partial charge is 0.305 e. The van der Waals surface area contributed by atoms with Crippen LogP contribution in [0.25, 0.3) is 0 Å². The Morgan fingerprint density at radius 1 is 1.43 bits per heavy atom. The van der Waals surface area contributed by atoms with E-state index < -0.39 is 10.0 Å². The van der Waals surface area contributed by atoms with E-state index in [2.05, 4.69) is 4.72 Å². The van der Waals surface area contributed by atoms with Crippen molar-refractivity contribution in [3.8, 4) is 0 Å². The van der Waals surface area contributed by atoms with Gasteiger partial charge in [-0.3, -0.25) is 4.79 Å². The topological polar surface area (TPSA) is 98.5 Å². The Morgan fingerprint density at radius 3 is 2.67 bits per heavy atom. The molecule has 0 bridgehead atoms. The fourth-order valence-corrected chi connectivity index (χ4v) is 3.01. The predicted octanol–water partition coefficient (Wildman–Crippen LogP) is 1.85. The van der Waals surface area contributed by atoms with Crippen LogP contribution < -0.4 is 10.5 Å². The molecule has 0 aliphatic carbocycles. The third-order valence-electron chi connectivity index (χ3n) is 2.82. The molecule has 1 rings (SSSR count). The first-order valence-electron chi connectivity index (χ1n) is 6.49. The summed E-state index contributed by atoms with van der Waals surface area (Å²) in [5.41, 5.74) is 6.66. The van der Waals surface area contributed by atoms with Crippen molar-refractivity contribution < 1.29 is 17.9 Å². The zero-order valence-electron chi connectivity index (χ0n) is 12.0. The minimum Gasteiger partial charge on any atom is -0.466 e. The Hall–Kier alpha value is -1.31. The predicted molar refractivity (Wildman–Crippen MR) is 81.7 cm³/mol. The number of hydrogen-bond donors (Lipinski definition) is 2. The lowest BCUT2D eigenvalue weighted by Crippen LogP contribution is -2.25. The van der Waals surface area contributed by atoms with Crippen LogP contribution in [0.4, 0.5) is 5.69 Å². The van der Waals surface area contributed by atoms with Crippen LogP contribution in [0.15, 0.2) is 17.0 Å². The van der Waals surface area contributed by atoms with Crippen molar-refractivity contribution in [2.75, 3.05) is 18.9 Å². The molecule has 0 saturated carbocycles. The molecule has 0 heterocycles. The zero-order chi connectivity index (χ0) is 16.0. The Kier molecular flexibility index (Phi) is 6.44. The quantitative estimate of drug-likeness (QED) is 0.450. The second kappa shape index (κ2) is 7.63. The van der Waals surface area contributed by atoms with E-state index in [1.165, 1.54) is 12.1 Å². The van der Waals surface area contributed by atoms with Gasteiger partial charge >= 0.3 is 5.97 Å². The molecule has 1 aromatic carbocycles. The minimum absolute atomic E-state index is 0.00624. The number of carbonyl (C=O) groups excluding carboxylic acids is 1. The van der Waals surface area contributed by atoms with Gasteiger partial charge in [0.1, 0.15) is 0 Å². The molecule has 21 heavy (non-hydrogen) atoms. The lowest BCUT2D eigenvalue weighted by molar-refractivity contribution is -0.143. The average Bonchev–Trinajstić information content (AvgIpc) is 2.40. The molecule has 0 spiro atoms. The van der Waals surface area contributed by atoms with Crippen LogP contribution >= 0.6 is 11.6 Å². The zero-order valence-corrected chi connectivity index (χ0v) is 13.6. The van der Waals surface area contributed by atoms with Crippen LogP contribution in [-0.4, -0.2) is 27.5 Å². The summed E-state index contributed by atoms with van der Waals surface area (Å²) in [6.45, 7) is 3.87. The molecule has 0 saturated heterocycles. The number of carbonyl (C=O) groups is 1. The van der Waals surface area contributed by atoms with Crippen molar-refractivity contribution in [2.24, 2.45) is 0 Å². The lowest BCUT2D eigenvalue weighted by atomic mass is 10.2. The second-order valence-electron chi connectivity index (χ2n) is 4.43. The molecule has 6 nitrogen and oxygen atoms in total. The van der Waals surface area contributed by atoms with E-state index in [1.807, 2.05) is 0 Å². The number of halogens is 1. The summed E-state index contributed by atoms with van der Waals surface area (Å²) in [7, 11) is -3.70. The summed E-state index contributed by atoms with van der Waals surface area (Å²) in [6, 6.07) is 2.70. The highest BCUT2D eigenvalue weighted by Crippen LogP contribution is 2.25. The molecule has 0 aliphatic heterocycles. The first kappa shape index (κ1) is 17.7. The molecular weight excluding hydrogens is 316 g/mol. The fourth-order valence-electron chi connectivity index (χ4n) is 1.59. The number of esters is 1. The summed E-state index contributed by atoms with van der Waals surface area (Å²) in [4.78, 5) is 11.1. The molecule has 118 valence electrons. The van der Waals surface area contributed by atoms with Gasteiger partial charge in [0.25, 0.3) is 0 Å². The Labute approximate surface area is 129 Å². The molecule has 0 aromatic heterocycles. The normalized spacial score (nSPS) is 11.4. The van der Waals surface area contributed by atoms with E-state index >= 15 is 0 Å². The van der Waals surface area contributed by atoms with Crippen molar-refractivity contribution in [1.29, 1.82) is 0 Å². The molecule has 0 unspecified atom stereocenters. The molecule has 0 aliphatic rings. The summed E-state index contributed by atoms with van der Waals surface area (Å²) in [5.74, 6) is -0.348. The van der Waals surface area contributed by atoms with Gasteiger partial charge < -0.3 is 10.5 Å². The first-order valence-corrected chi connectivity index (χ1v) is 8.35. The van der Waals surface area contributed by atoms with Gasteiger partial charge in [-0.05, 0) is 38.0 Å². The molecule has 3 N–H and O–H groups in total. The number of sulfonamides is 1. The second-order valence-corrected chi connectivity index (χ2v) is 6.60. The van der Waals surface area contributed by atoms with Crippen LogP contribution in [0.2, 0.25) is 5.02 Å². The number of nitrogen functional groups attached to an aromatic ring is 1. The van der Waals surface area contributed by atoms with Crippen LogP contribution in [0.5, 0.6) is 0 Å². The van der Waals surface area contributed by atoms with Gasteiger partial charge in [-0.2, -0.15) is 0 Å². The fraction of sp³-hybridized carbons (Fsp3) is 0.462. The number of rotatable bonds is 7. The van der Waals surface area contributed by atoms with E-state index in [1.54, 1.807) is 13.8 Å². The maximum Gasteiger partial charge on any atom is 0.305 e. The SMILES string of the molecule is CCOC(=O)CCCNS(=O)(=O)c1cc(N)c(C)c(Cl)c1. The first-order chi connectivity index (χ1) is 9.77. The minimum atomic E-state index is -3.70. The van der Waals surface area contributed by atoms with Crippen molar-refractivity contribution in [3.63, 3.8) is 0 Å². The average molecular weight is 335 g/mol. The van der Waals surface area contributed by atoms with E-state index in [0.29, 0.717) is 29.3 Å².